The van der Waals surface area contributed by atoms with E-state index in [0.717, 1.165) is 72.9 Å². The first kappa shape index (κ1) is 39.9. The molecule has 14 bridgehead atoms. The number of imidazole rings is 2. The highest BCUT2D eigenvalue weighted by atomic mass is 79.9. The predicted molar refractivity (Wildman–Crippen MR) is 230 cm³/mol. The molecule has 0 amide bonds. The predicted octanol–water partition coefficient (Wildman–Crippen LogP) is 2.67. The van der Waals surface area contributed by atoms with Gasteiger partial charge in [0.1, 0.15) is 26.2 Å². The Morgan fingerprint density at radius 1 is 0.492 bits per heavy atom. The average molecular weight is 929 g/mol. The molecular weight excluding hydrogens is 888 g/mol. The van der Waals surface area contributed by atoms with Gasteiger partial charge in [-0.3, -0.25) is 9.59 Å². The quantitative estimate of drug-likeness (QED) is 0.238. The van der Waals surface area contributed by atoms with Crippen molar-refractivity contribution in [1.82, 2.24) is 18.7 Å². The van der Waals surface area contributed by atoms with Crippen molar-refractivity contribution in [2.45, 2.75) is 39.6 Å². The fourth-order valence-electron chi connectivity index (χ4n) is 9.02. The van der Waals surface area contributed by atoms with Gasteiger partial charge in [0, 0.05) is 50.6 Å². The summed E-state index contributed by atoms with van der Waals surface area (Å²) < 4.78 is 11.3. The number of rotatable bonds is 1. The maximum atomic E-state index is 14.0. The summed E-state index contributed by atoms with van der Waals surface area (Å²) in [7, 11) is 0. The van der Waals surface area contributed by atoms with E-state index in [-0.39, 0.29) is 45.5 Å². The molecule has 0 N–H and O–H groups in total. The zero-order valence-corrected chi connectivity index (χ0v) is 36.6. The number of para-hydroxylation sites is 4. The number of benzene rings is 6. The van der Waals surface area contributed by atoms with Crippen molar-refractivity contribution < 1.29 is 52.7 Å². The molecule has 10 heteroatoms. The molecule has 10 aromatic rings. The number of nitrogens with zero attached hydrogens (tertiary/aromatic N) is 6. The van der Waals surface area contributed by atoms with Crippen molar-refractivity contribution in [2.24, 2.45) is 0 Å². The lowest BCUT2D eigenvalue weighted by atomic mass is 9.98. The van der Waals surface area contributed by atoms with Gasteiger partial charge >= 0.3 is 0 Å². The topological polar surface area (TPSA) is 69.6 Å². The van der Waals surface area contributed by atoms with Gasteiger partial charge in [0.2, 0.25) is 12.7 Å². The second-order valence-corrected chi connectivity index (χ2v) is 15.6. The molecule has 0 unspecified atom stereocenters. The van der Waals surface area contributed by atoms with E-state index in [1.807, 2.05) is 60.7 Å². The minimum atomic E-state index is -0.0337. The summed E-state index contributed by atoms with van der Waals surface area (Å²) in [5.74, 6) is -0.0675. The Balaban J connectivity index is 0.00000238. The Kier molecular flexibility index (Phi) is 10.6. The average Bonchev–Trinajstić information content (AvgIpc) is 3.91. The van der Waals surface area contributed by atoms with Crippen LogP contribution in [0.4, 0.5) is 0 Å². The van der Waals surface area contributed by atoms with Gasteiger partial charge in [0.25, 0.3) is 0 Å². The number of halogens is 2. The highest BCUT2D eigenvalue weighted by Crippen LogP contribution is 2.32. The fraction of sp³-hybridized carbons (Fsp3) is 0.118. The molecule has 61 heavy (non-hydrogen) atoms. The molecule has 0 aliphatic carbocycles. The third-order valence-electron chi connectivity index (χ3n) is 11.9. The summed E-state index contributed by atoms with van der Waals surface area (Å²) in [4.78, 5) is 33.2. The van der Waals surface area contributed by atoms with Crippen LogP contribution in [0.15, 0.2) is 164 Å². The molecule has 3 aliphatic heterocycles. The SMILES string of the molecule is CCn1c2ccc3cc2c2cc(ccc21)C(=O)c1ccc(cc1)C[n+]1cn(c2ccccc21)Cc1cccc(n1)Cn1c[n+](c2ccccc21)Cc1ccc(cc1)C3=O.[Br-].[Br-]. The Morgan fingerprint density at radius 2 is 0.918 bits per heavy atom. The number of aryl methyl sites for hydroxylation is 1. The van der Waals surface area contributed by atoms with Gasteiger partial charge in [-0.25, -0.2) is 23.3 Å². The number of ketones is 2. The Morgan fingerprint density at radius 3 is 1.36 bits per heavy atom. The van der Waals surface area contributed by atoms with E-state index >= 15 is 0 Å². The first-order valence-corrected chi connectivity index (χ1v) is 20.2. The van der Waals surface area contributed by atoms with Crippen molar-refractivity contribution >= 4 is 55.4 Å². The third kappa shape index (κ3) is 7.09. The number of aromatic nitrogens is 6. The van der Waals surface area contributed by atoms with Gasteiger partial charge in [-0.1, -0.05) is 78.9 Å². The van der Waals surface area contributed by atoms with Crippen molar-refractivity contribution in [1.29, 1.82) is 0 Å². The number of carbonyl (C=O) groups is 2. The van der Waals surface area contributed by atoms with Crippen LogP contribution in [-0.4, -0.2) is 30.3 Å². The number of carbonyl (C=O) groups excluding carboxylic acids is 2. The van der Waals surface area contributed by atoms with Crippen molar-refractivity contribution in [3.63, 3.8) is 0 Å². The van der Waals surface area contributed by atoms with Crippen LogP contribution < -0.4 is 43.1 Å². The lowest BCUT2D eigenvalue weighted by Gasteiger charge is -2.06. The molecule has 8 nitrogen and oxygen atoms in total. The summed E-state index contributed by atoms with van der Waals surface area (Å²) in [6.45, 7) is 5.45. The largest absolute Gasteiger partial charge is 1.00 e. The van der Waals surface area contributed by atoms with Crippen molar-refractivity contribution in [2.75, 3.05) is 0 Å². The first-order chi connectivity index (χ1) is 29.0. The molecule has 4 aromatic heterocycles. The highest BCUT2D eigenvalue weighted by Gasteiger charge is 2.21. The third-order valence-corrected chi connectivity index (χ3v) is 11.9. The highest BCUT2D eigenvalue weighted by molar-refractivity contribution is 6.17. The van der Waals surface area contributed by atoms with E-state index in [2.05, 4.69) is 133 Å². The number of hydrogen-bond acceptors (Lipinski definition) is 3. The van der Waals surface area contributed by atoms with Gasteiger partial charge in [-0.2, -0.15) is 0 Å². The lowest BCUT2D eigenvalue weighted by molar-refractivity contribution is -0.663. The molecule has 0 fully saturated rings. The van der Waals surface area contributed by atoms with Crippen LogP contribution in [0.25, 0.3) is 43.9 Å². The van der Waals surface area contributed by atoms with E-state index in [4.69, 9.17) is 4.98 Å². The number of hydrogen-bond donors (Lipinski definition) is 0. The Bertz CT molecular complexity index is 3090. The molecule has 0 atom stereocenters. The van der Waals surface area contributed by atoms with E-state index < -0.39 is 0 Å². The molecule has 300 valence electrons. The van der Waals surface area contributed by atoms with Crippen molar-refractivity contribution in [3.05, 3.63) is 209 Å². The van der Waals surface area contributed by atoms with Crippen LogP contribution in [-0.2, 0) is 32.7 Å². The minimum Gasteiger partial charge on any atom is -1.00 e. The molecule has 6 aromatic carbocycles. The maximum Gasteiger partial charge on any atom is 0.245 e. The van der Waals surface area contributed by atoms with Crippen LogP contribution in [0, 0.1) is 0 Å². The smallest absolute Gasteiger partial charge is 0.245 e. The van der Waals surface area contributed by atoms with Crippen LogP contribution in [0.1, 0.15) is 61.3 Å². The van der Waals surface area contributed by atoms with Gasteiger partial charge in [-0.05, 0) is 90.8 Å². The van der Waals surface area contributed by atoms with Crippen LogP contribution >= 0.6 is 0 Å². The summed E-state index contributed by atoms with van der Waals surface area (Å²) >= 11 is 0. The second-order valence-electron chi connectivity index (χ2n) is 15.6. The molecule has 13 rings (SSSR count). The zero-order chi connectivity index (χ0) is 39.6. The monoisotopic (exact) mass is 926 g/mol. The zero-order valence-electron chi connectivity index (χ0n) is 33.4. The summed E-state index contributed by atoms with van der Waals surface area (Å²) in [5.41, 5.74) is 13.3. The fourth-order valence-corrected chi connectivity index (χ4v) is 9.02. The number of pyridine rings is 1. The van der Waals surface area contributed by atoms with Gasteiger partial charge in [0.15, 0.2) is 33.6 Å². The normalized spacial score (nSPS) is 12.9. The molecule has 0 saturated heterocycles. The Labute approximate surface area is 373 Å². The molecule has 0 radical (unpaired) electrons. The lowest BCUT2D eigenvalue weighted by Crippen LogP contribution is -3.00. The van der Waals surface area contributed by atoms with Gasteiger partial charge in [-0.15, -0.1) is 0 Å². The minimum absolute atomic E-state index is 0. The van der Waals surface area contributed by atoms with Crippen LogP contribution in [0.5, 0.6) is 0 Å². The van der Waals surface area contributed by atoms with E-state index in [1.165, 1.54) is 0 Å². The van der Waals surface area contributed by atoms with E-state index in [9.17, 15) is 9.59 Å². The molecule has 7 heterocycles. The standard InChI is InChI=1S/C51H40N6O2.2BrH/c1-2-57-44-24-22-38-26-42(44)43-27-39(23-25-45(43)57)51(59)37-20-16-35(17-21-37)29-54-33-56(49-13-6-4-11-47(49)54)31-41-9-7-8-40(52-41)30-55-32-53(46-10-3-5-12-48(46)55)28-34-14-18-36(19-15-34)50(38)58;;/h3-27,32-33H,2,28-31H2,1H3;2*1H/q+2;;/p-2. The van der Waals surface area contributed by atoms with Gasteiger partial charge < -0.3 is 38.5 Å². The molecule has 0 saturated carbocycles. The summed E-state index contributed by atoms with van der Waals surface area (Å²) in [5, 5.41) is 1.92. The summed E-state index contributed by atoms with van der Waals surface area (Å²) in [6.07, 6.45) is 4.34. The molecular formula is C51H40Br2N6O2. The van der Waals surface area contributed by atoms with E-state index in [1.54, 1.807) is 0 Å². The molecule has 3 aliphatic rings. The second kappa shape index (κ2) is 16.2. The van der Waals surface area contributed by atoms with Crippen molar-refractivity contribution in [3.8, 4) is 0 Å². The van der Waals surface area contributed by atoms with Gasteiger partial charge in [0.05, 0.1) is 11.4 Å². The van der Waals surface area contributed by atoms with Crippen LogP contribution in [0.2, 0.25) is 0 Å². The first-order valence-electron chi connectivity index (χ1n) is 20.2. The van der Waals surface area contributed by atoms with E-state index in [0.29, 0.717) is 48.4 Å². The molecule has 0 spiro atoms. The maximum absolute atomic E-state index is 14.0. The van der Waals surface area contributed by atoms with Crippen LogP contribution in [0.3, 0.4) is 0 Å². The summed E-state index contributed by atoms with van der Waals surface area (Å²) in [6, 6.07) is 51.0. The Hall–Kier alpha value is -6.49. The number of fused-ring (bicyclic) bond motifs is 4.